The van der Waals surface area contributed by atoms with Gasteiger partial charge in [0.1, 0.15) is 11.6 Å². The third kappa shape index (κ3) is 8.72. The predicted molar refractivity (Wildman–Crippen MR) is 180 cm³/mol. The Hall–Kier alpha value is -5.33. The van der Waals surface area contributed by atoms with Crippen LogP contribution in [0.3, 0.4) is 0 Å². The normalized spacial score (nSPS) is 16.8. The number of carbonyl (C=O) groups is 3. The van der Waals surface area contributed by atoms with Crippen LogP contribution >= 0.6 is 0 Å². The molecule has 1 aliphatic carbocycles. The molecular formula is C35H42N8O5. The molecule has 4 N–H and O–H groups in total. The molecule has 2 heterocycles. The third-order valence-electron chi connectivity index (χ3n) is 8.42. The van der Waals surface area contributed by atoms with Crippen molar-refractivity contribution in [1.29, 1.82) is 0 Å². The van der Waals surface area contributed by atoms with Crippen molar-refractivity contribution in [3.63, 3.8) is 0 Å². The molecule has 2 aromatic heterocycles. The first-order valence-electron chi connectivity index (χ1n) is 16.0. The lowest BCUT2D eigenvalue weighted by Crippen LogP contribution is -2.52. The Balaban J connectivity index is 1.34. The van der Waals surface area contributed by atoms with Gasteiger partial charge in [0.05, 0.1) is 7.11 Å². The Labute approximate surface area is 279 Å². The van der Waals surface area contributed by atoms with Gasteiger partial charge >= 0.3 is 6.09 Å². The Kier molecular flexibility index (Phi) is 10.7. The van der Waals surface area contributed by atoms with Gasteiger partial charge in [-0.25, -0.2) is 9.78 Å². The van der Waals surface area contributed by atoms with E-state index in [-0.39, 0.29) is 24.2 Å². The maximum atomic E-state index is 14.3. The van der Waals surface area contributed by atoms with Gasteiger partial charge in [0, 0.05) is 48.0 Å². The molecule has 48 heavy (non-hydrogen) atoms. The van der Waals surface area contributed by atoms with Gasteiger partial charge in [-0.1, -0.05) is 24.3 Å². The maximum Gasteiger partial charge on any atom is 0.407 e. The lowest BCUT2D eigenvalue weighted by Gasteiger charge is -2.36. The summed E-state index contributed by atoms with van der Waals surface area (Å²) in [6.45, 7) is 5.94. The molecule has 0 spiro atoms. The van der Waals surface area contributed by atoms with Crippen LogP contribution in [-0.2, 0) is 20.7 Å². The highest BCUT2D eigenvalue weighted by atomic mass is 16.6. The number of primary amides is 1. The molecule has 2 aromatic carbocycles. The van der Waals surface area contributed by atoms with Crippen LogP contribution in [0.15, 0.2) is 66.9 Å². The van der Waals surface area contributed by atoms with E-state index in [9.17, 15) is 14.4 Å². The summed E-state index contributed by atoms with van der Waals surface area (Å²) in [6.07, 6.45) is 4.25. The number of hydrogen-bond donors (Lipinski definition) is 3. The summed E-state index contributed by atoms with van der Waals surface area (Å²) in [5.41, 5.74) is 9.44. The number of ether oxygens (including phenoxy) is 2. The maximum absolute atomic E-state index is 14.3. The second kappa shape index (κ2) is 15.1. The number of carbonyl (C=O) groups excluding carboxylic acids is 3. The molecule has 3 amide bonds. The molecule has 1 fully saturated rings. The molecule has 13 nitrogen and oxygen atoms in total. The van der Waals surface area contributed by atoms with Crippen LogP contribution in [0.2, 0.25) is 0 Å². The second-order valence-corrected chi connectivity index (χ2v) is 13.0. The highest BCUT2D eigenvalue weighted by Crippen LogP contribution is 2.33. The van der Waals surface area contributed by atoms with Gasteiger partial charge in [-0.3, -0.25) is 14.5 Å². The molecule has 0 saturated heterocycles. The zero-order chi connectivity index (χ0) is 34.3. The summed E-state index contributed by atoms with van der Waals surface area (Å²) < 4.78 is 10.5. The van der Waals surface area contributed by atoms with Gasteiger partial charge in [-0.2, -0.15) is 5.21 Å². The van der Waals surface area contributed by atoms with E-state index in [1.165, 1.54) is 0 Å². The standard InChI is InChI=1S/C35H42N8O5/c1-35(2,3)48-34(46)38-20-23-7-11-26(12-8-23)33(45)43(28-16-13-25(14-17-28)32-39-41-42-40-32)29(31(36)44)19-22-5-9-24(10-6-22)27-15-18-30(47-4)37-21-27/h5-6,9-10,13-18,21,23,26,29H,7-8,11-12,19-20H2,1-4H3,(H2,36,44)(H,38,46)(H,39,40,41,42)/t23?,26?,29-/m0/s1. The zero-order valence-electron chi connectivity index (χ0n) is 27.7. The minimum atomic E-state index is -0.936. The number of amides is 3. The van der Waals surface area contributed by atoms with Gasteiger partial charge in [0.2, 0.25) is 23.5 Å². The van der Waals surface area contributed by atoms with Crippen LogP contribution in [0.25, 0.3) is 22.5 Å². The van der Waals surface area contributed by atoms with Crippen molar-refractivity contribution in [3.8, 4) is 28.4 Å². The number of aromatic amines is 1. The van der Waals surface area contributed by atoms with Crippen molar-refractivity contribution >= 4 is 23.6 Å². The smallest absolute Gasteiger partial charge is 0.407 e. The van der Waals surface area contributed by atoms with E-state index < -0.39 is 23.6 Å². The number of H-pyrrole nitrogens is 1. The number of methoxy groups -OCH3 is 1. The number of tetrazole rings is 1. The van der Waals surface area contributed by atoms with E-state index in [2.05, 4.69) is 30.9 Å². The minimum Gasteiger partial charge on any atom is -0.481 e. The fourth-order valence-corrected chi connectivity index (χ4v) is 5.92. The van der Waals surface area contributed by atoms with E-state index in [0.29, 0.717) is 42.3 Å². The summed E-state index contributed by atoms with van der Waals surface area (Å²) in [5.74, 6) is 0.0778. The Morgan fingerprint density at radius 3 is 2.19 bits per heavy atom. The molecule has 5 rings (SSSR count). The number of pyridine rings is 1. The molecule has 13 heteroatoms. The highest BCUT2D eigenvalue weighted by Gasteiger charge is 2.36. The number of hydrogen-bond acceptors (Lipinski definition) is 9. The Morgan fingerprint density at radius 1 is 0.958 bits per heavy atom. The largest absolute Gasteiger partial charge is 0.481 e. The van der Waals surface area contributed by atoms with Crippen LogP contribution in [-0.4, -0.2) is 68.8 Å². The second-order valence-electron chi connectivity index (χ2n) is 13.0. The van der Waals surface area contributed by atoms with Crippen LogP contribution in [0.1, 0.15) is 52.0 Å². The number of rotatable bonds is 11. The van der Waals surface area contributed by atoms with Crippen LogP contribution in [0.4, 0.5) is 10.5 Å². The summed E-state index contributed by atoms with van der Waals surface area (Å²) in [6, 6.07) is 17.7. The monoisotopic (exact) mass is 654 g/mol. The number of nitrogens with two attached hydrogens (primary N) is 1. The first-order chi connectivity index (χ1) is 23.0. The van der Waals surface area contributed by atoms with Crippen molar-refractivity contribution in [1.82, 2.24) is 30.9 Å². The lowest BCUT2D eigenvalue weighted by atomic mass is 9.81. The van der Waals surface area contributed by atoms with Crippen molar-refractivity contribution in [2.24, 2.45) is 17.6 Å². The Bertz CT molecular complexity index is 1660. The summed E-state index contributed by atoms with van der Waals surface area (Å²) in [4.78, 5) is 45.5. The molecular weight excluding hydrogens is 612 g/mol. The number of alkyl carbamates (subject to hydrolysis) is 1. The number of nitrogens with one attached hydrogen (secondary N) is 2. The number of benzene rings is 2. The SMILES string of the molecule is COc1ccc(-c2ccc(C[C@@H](C(N)=O)N(C(=O)C3CCC(CNC(=O)OC(C)(C)C)CC3)c3ccc(-c4nn[nH]n4)cc3)cc2)cn1. The summed E-state index contributed by atoms with van der Waals surface area (Å²) >= 11 is 0. The van der Waals surface area contributed by atoms with E-state index in [1.807, 2.05) is 51.1 Å². The molecule has 252 valence electrons. The quantitative estimate of drug-likeness (QED) is 0.207. The fourth-order valence-electron chi connectivity index (χ4n) is 5.92. The number of anilines is 1. The van der Waals surface area contributed by atoms with Gasteiger partial charge in [0.15, 0.2) is 0 Å². The van der Waals surface area contributed by atoms with Gasteiger partial charge < -0.3 is 20.5 Å². The fraction of sp³-hybridized carbons (Fsp3) is 0.400. The summed E-state index contributed by atoms with van der Waals surface area (Å²) in [5, 5.41) is 17.0. The molecule has 0 aliphatic heterocycles. The van der Waals surface area contributed by atoms with Gasteiger partial charge in [0.25, 0.3) is 0 Å². The predicted octanol–water partition coefficient (Wildman–Crippen LogP) is 4.70. The molecule has 0 unspecified atom stereocenters. The van der Waals surface area contributed by atoms with Crippen molar-refractivity contribution in [2.45, 2.75) is 64.5 Å². The molecule has 0 radical (unpaired) electrons. The topological polar surface area (TPSA) is 178 Å². The van der Waals surface area contributed by atoms with Crippen LogP contribution in [0.5, 0.6) is 5.88 Å². The molecule has 1 aliphatic rings. The Morgan fingerprint density at radius 2 is 1.62 bits per heavy atom. The average molecular weight is 655 g/mol. The number of nitrogens with zero attached hydrogens (tertiary/aromatic N) is 5. The van der Waals surface area contributed by atoms with Crippen molar-refractivity contribution < 1.29 is 23.9 Å². The third-order valence-corrected chi connectivity index (χ3v) is 8.42. The van der Waals surface area contributed by atoms with Crippen LogP contribution in [0, 0.1) is 11.8 Å². The first kappa shape index (κ1) is 34.0. The average Bonchev–Trinajstić information content (AvgIpc) is 3.62. The summed E-state index contributed by atoms with van der Waals surface area (Å²) in [7, 11) is 1.57. The first-order valence-corrected chi connectivity index (χ1v) is 16.0. The lowest BCUT2D eigenvalue weighted by molar-refractivity contribution is -0.127. The minimum absolute atomic E-state index is 0.161. The highest BCUT2D eigenvalue weighted by molar-refractivity contribution is 6.01. The molecule has 0 bridgehead atoms. The van der Waals surface area contributed by atoms with Gasteiger partial charge in [-0.15, -0.1) is 10.2 Å². The molecule has 1 atom stereocenters. The van der Waals surface area contributed by atoms with Crippen molar-refractivity contribution in [2.75, 3.05) is 18.6 Å². The van der Waals surface area contributed by atoms with E-state index in [0.717, 1.165) is 29.5 Å². The van der Waals surface area contributed by atoms with E-state index in [4.69, 9.17) is 15.2 Å². The van der Waals surface area contributed by atoms with Gasteiger partial charge in [-0.05, 0) is 99.0 Å². The molecule has 1 saturated carbocycles. The van der Waals surface area contributed by atoms with E-state index in [1.54, 1.807) is 48.5 Å². The van der Waals surface area contributed by atoms with E-state index >= 15 is 0 Å². The van der Waals surface area contributed by atoms with Crippen LogP contribution < -0.4 is 20.7 Å². The number of aromatic nitrogens is 5. The molecule has 4 aromatic rings. The van der Waals surface area contributed by atoms with Crippen molar-refractivity contribution in [3.05, 3.63) is 72.4 Å². The zero-order valence-corrected chi connectivity index (χ0v) is 27.7.